The lowest BCUT2D eigenvalue weighted by Gasteiger charge is -2.30. The fraction of sp³-hybridized carbons (Fsp3) is 0.588. The maximum absolute atomic E-state index is 10.5. The Morgan fingerprint density at radius 3 is 2.65 bits per heavy atom. The average Bonchev–Trinajstić information content (AvgIpc) is 2.95. The Bertz CT molecular complexity index is 661. The van der Waals surface area contributed by atoms with Crippen LogP contribution in [0.5, 0.6) is 0 Å². The molecule has 0 fully saturated rings. The highest BCUT2D eigenvalue weighted by molar-refractivity contribution is 5.29. The van der Waals surface area contributed by atoms with Crippen LogP contribution in [0.25, 0.3) is 0 Å². The van der Waals surface area contributed by atoms with E-state index in [4.69, 9.17) is 0 Å². The number of aromatic nitrogens is 4. The number of aliphatic hydroxyl groups excluding tert-OH is 1. The van der Waals surface area contributed by atoms with Gasteiger partial charge in [0, 0.05) is 25.0 Å². The zero-order chi connectivity index (χ0) is 16.4. The number of nitrogens with zero attached hydrogens (tertiary/aromatic N) is 5. The molecule has 124 valence electrons. The van der Waals surface area contributed by atoms with Crippen molar-refractivity contribution < 1.29 is 5.11 Å². The van der Waals surface area contributed by atoms with Crippen LogP contribution in [0.2, 0.25) is 0 Å². The molecule has 0 amide bonds. The molecule has 2 heterocycles. The Balaban J connectivity index is 1.61. The highest BCUT2D eigenvalue weighted by Crippen LogP contribution is 2.20. The molecule has 1 unspecified atom stereocenters. The number of benzene rings is 1. The monoisotopic (exact) mass is 315 g/mol. The Kier molecular flexibility index (Phi) is 4.46. The van der Waals surface area contributed by atoms with Crippen molar-refractivity contribution in [1.29, 1.82) is 0 Å². The van der Waals surface area contributed by atoms with Crippen LogP contribution in [-0.2, 0) is 24.9 Å². The van der Waals surface area contributed by atoms with Gasteiger partial charge in [-0.15, -0.1) is 5.10 Å². The SMILES string of the molecule is CC(C)(C)c1nnnn1CC(O)CN1CCc2ccccc2C1. The first-order chi connectivity index (χ1) is 10.9. The number of rotatable bonds is 4. The average molecular weight is 315 g/mol. The van der Waals surface area contributed by atoms with Gasteiger partial charge >= 0.3 is 0 Å². The summed E-state index contributed by atoms with van der Waals surface area (Å²) < 4.78 is 1.72. The molecule has 1 N–H and O–H groups in total. The maximum Gasteiger partial charge on any atom is 0.156 e. The van der Waals surface area contributed by atoms with Gasteiger partial charge in [-0.2, -0.15) is 0 Å². The fourth-order valence-electron chi connectivity index (χ4n) is 3.13. The molecule has 0 bridgehead atoms. The number of aliphatic hydroxyl groups is 1. The summed E-state index contributed by atoms with van der Waals surface area (Å²) in [6, 6.07) is 8.54. The van der Waals surface area contributed by atoms with Gasteiger partial charge in [-0.25, -0.2) is 4.68 Å². The lowest BCUT2D eigenvalue weighted by atomic mass is 9.96. The standard InChI is InChI=1S/C17H25N5O/c1-17(2,3)16-18-19-20-22(16)12-15(23)11-21-9-8-13-6-4-5-7-14(13)10-21/h4-7,15,23H,8-12H2,1-3H3. The Hall–Kier alpha value is -1.79. The largest absolute Gasteiger partial charge is 0.390 e. The van der Waals surface area contributed by atoms with Crippen molar-refractivity contribution in [3.05, 3.63) is 41.2 Å². The van der Waals surface area contributed by atoms with Crippen molar-refractivity contribution in [2.45, 2.75) is 51.8 Å². The molecule has 1 atom stereocenters. The van der Waals surface area contributed by atoms with Gasteiger partial charge in [0.25, 0.3) is 0 Å². The molecular weight excluding hydrogens is 290 g/mol. The number of hydrogen-bond donors (Lipinski definition) is 1. The highest BCUT2D eigenvalue weighted by atomic mass is 16.3. The van der Waals surface area contributed by atoms with E-state index < -0.39 is 6.10 Å². The molecule has 1 aliphatic rings. The summed E-state index contributed by atoms with van der Waals surface area (Å²) in [6.45, 7) is 9.16. The van der Waals surface area contributed by atoms with Gasteiger partial charge in [0.15, 0.2) is 5.82 Å². The first kappa shape index (κ1) is 16.1. The van der Waals surface area contributed by atoms with Gasteiger partial charge in [-0.05, 0) is 28.0 Å². The van der Waals surface area contributed by atoms with Gasteiger partial charge in [-0.3, -0.25) is 4.90 Å². The molecule has 1 aliphatic heterocycles. The third-order valence-electron chi connectivity index (χ3n) is 4.27. The second kappa shape index (κ2) is 6.37. The van der Waals surface area contributed by atoms with Crippen molar-refractivity contribution in [2.75, 3.05) is 13.1 Å². The molecule has 1 aromatic carbocycles. The van der Waals surface area contributed by atoms with Gasteiger partial charge in [-0.1, -0.05) is 45.0 Å². The minimum Gasteiger partial charge on any atom is -0.390 e. The molecule has 0 saturated carbocycles. The highest BCUT2D eigenvalue weighted by Gasteiger charge is 2.24. The minimum atomic E-state index is -0.482. The quantitative estimate of drug-likeness (QED) is 0.923. The summed E-state index contributed by atoms with van der Waals surface area (Å²) in [6.07, 6.45) is 0.561. The predicted molar refractivity (Wildman–Crippen MR) is 87.9 cm³/mol. The van der Waals surface area contributed by atoms with Crippen molar-refractivity contribution in [1.82, 2.24) is 25.1 Å². The normalized spacial score (nSPS) is 17.0. The molecule has 0 aliphatic carbocycles. The van der Waals surface area contributed by atoms with Crippen LogP contribution in [0.1, 0.15) is 37.7 Å². The summed E-state index contributed by atoms with van der Waals surface area (Å²) in [4.78, 5) is 2.30. The van der Waals surface area contributed by atoms with E-state index >= 15 is 0 Å². The fourth-order valence-corrected chi connectivity index (χ4v) is 3.13. The summed E-state index contributed by atoms with van der Waals surface area (Å²) in [5.41, 5.74) is 2.66. The lowest BCUT2D eigenvalue weighted by molar-refractivity contribution is 0.0868. The van der Waals surface area contributed by atoms with Crippen LogP contribution in [0.4, 0.5) is 0 Å². The molecule has 0 radical (unpaired) electrons. The topological polar surface area (TPSA) is 67.1 Å². The molecule has 6 heteroatoms. The van der Waals surface area contributed by atoms with Crippen LogP contribution in [-0.4, -0.2) is 49.4 Å². The van der Waals surface area contributed by atoms with E-state index in [0.717, 1.165) is 25.3 Å². The second-order valence-corrected chi connectivity index (χ2v) is 7.34. The number of fused-ring (bicyclic) bond motifs is 1. The minimum absolute atomic E-state index is 0.132. The Morgan fingerprint density at radius 1 is 1.17 bits per heavy atom. The van der Waals surface area contributed by atoms with Gasteiger partial charge in [0.2, 0.25) is 0 Å². The van der Waals surface area contributed by atoms with Gasteiger partial charge < -0.3 is 5.11 Å². The number of hydrogen-bond acceptors (Lipinski definition) is 5. The zero-order valence-corrected chi connectivity index (χ0v) is 14.1. The van der Waals surface area contributed by atoms with Crippen molar-refractivity contribution in [3.63, 3.8) is 0 Å². The molecule has 6 nitrogen and oxygen atoms in total. The van der Waals surface area contributed by atoms with Gasteiger partial charge in [0.1, 0.15) is 0 Å². The van der Waals surface area contributed by atoms with Crippen LogP contribution in [0.3, 0.4) is 0 Å². The van der Waals surface area contributed by atoms with Crippen LogP contribution >= 0.6 is 0 Å². The third-order valence-corrected chi connectivity index (χ3v) is 4.27. The van der Waals surface area contributed by atoms with Crippen LogP contribution in [0, 0.1) is 0 Å². The zero-order valence-electron chi connectivity index (χ0n) is 14.1. The van der Waals surface area contributed by atoms with Crippen molar-refractivity contribution >= 4 is 0 Å². The van der Waals surface area contributed by atoms with E-state index in [1.807, 2.05) is 0 Å². The summed E-state index contributed by atoms with van der Waals surface area (Å²) in [5.74, 6) is 0.806. The summed E-state index contributed by atoms with van der Waals surface area (Å²) in [5, 5.41) is 22.3. The van der Waals surface area contributed by atoms with Gasteiger partial charge in [0.05, 0.1) is 12.6 Å². The maximum atomic E-state index is 10.5. The molecule has 2 aromatic rings. The first-order valence-electron chi connectivity index (χ1n) is 8.17. The summed E-state index contributed by atoms with van der Waals surface area (Å²) >= 11 is 0. The second-order valence-electron chi connectivity index (χ2n) is 7.34. The van der Waals surface area contributed by atoms with E-state index in [9.17, 15) is 5.11 Å². The van der Waals surface area contributed by atoms with E-state index in [1.54, 1.807) is 4.68 Å². The smallest absolute Gasteiger partial charge is 0.156 e. The molecule has 0 spiro atoms. The number of tetrazole rings is 1. The lowest BCUT2D eigenvalue weighted by Crippen LogP contribution is -2.38. The van der Waals surface area contributed by atoms with E-state index in [0.29, 0.717) is 13.1 Å². The molecule has 23 heavy (non-hydrogen) atoms. The van der Waals surface area contributed by atoms with E-state index in [-0.39, 0.29) is 5.41 Å². The predicted octanol–water partition coefficient (Wildman–Crippen LogP) is 1.39. The van der Waals surface area contributed by atoms with Crippen LogP contribution < -0.4 is 0 Å². The molecule has 3 rings (SSSR count). The Morgan fingerprint density at radius 2 is 1.91 bits per heavy atom. The third kappa shape index (κ3) is 3.76. The van der Waals surface area contributed by atoms with E-state index in [2.05, 4.69) is 65.5 Å². The first-order valence-corrected chi connectivity index (χ1v) is 8.17. The molecule has 1 aromatic heterocycles. The molecule has 0 saturated heterocycles. The van der Waals surface area contributed by atoms with Crippen molar-refractivity contribution in [2.24, 2.45) is 0 Å². The Labute approximate surface area is 137 Å². The number of β-amino-alcohol motifs (C(OH)–C–C–N with tert-alkyl or cyclic N) is 1. The van der Waals surface area contributed by atoms with Crippen LogP contribution in [0.15, 0.2) is 24.3 Å². The van der Waals surface area contributed by atoms with Crippen molar-refractivity contribution in [3.8, 4) is 0 Å². The molecular formula is C17H25N5O. The summed E-state index contributed by atoms with van der Waals surface area (Å²) in [7, 11) is 0. The van der Waals surface area contributed by atoms with E-state index in [1.165, 1.54) is 11.1 Å².